The maximum absolute atomic E-state index is 13.3. The molecule has 0 radical (unpaired) electrons. The Hall–Kier alpha value is -3.95. The van der Waals surface area contributed by atoms with Crippen LogP contribution in [-0.4, -0.2) is 40.3 Å². The number of benzene rings is 2. The number of unbranched alkanes of at least 4 members (excludes halogenated alkanes) is 2. The third-order valence-electron chi connectivity index (χ3n) is 7.24. The van der Waals surface area contributed by atoms with Crippen LogP contribution in [0.4, 0.5) is 13.2 Å². The third-order valence-corrected chi connectivity index (χ3v) is 7.24. The standard InChI is InChI=1S/C29H28F3N3O4/c1-17-9-10-22-20(14-17)24(15-25(33-22)29(30,31)32)39-13-4-2-3-6-18-7-5-8-19-21(18)16-35(28(19)38)23-11-12-26(36)34-27(23)37/h5,7-10,14-15,23H,2-4,6,11-13,16H2,1H3,(H,34,36,37). The average molecular weight is 540 g/mol. The Kier molecular flexibility index (Phi) is 7.29. The number of rotatable bonds is 8. The van der Waals surface area contributed by atoms with Gasteiger partial charge in [-0.25, -0.2) is 4.98 Å². The first-order chi connectivity index (χ1) is 18.6. The quantitative estimate of drug-likeness (QED) is 0.317. The van der Waals surface area contributed by atoms with Crippen LogP contribution in [0.3, 0.4) is 0 Å². The van der Waals surface area contributed by atoms with Gasteiger partial charge in [-0.1, -0.05) is 23.8 Å². The number of piperidine rings is 1. The monoisotopic (exact) mass is 539 g/mol. The lowest BCUT2D eigenvalue weighted by Gasteiger charge is -2.29. The lowest BCUT2D eigenvalue weighted by molar-refractivity contribution is -0.141. The number of nitrogens with zero attached hydrogens (tertiary/aromatic N) is 2. The zero-order valence-electron chi connectivity index (χ0n) is 21.4. The molecule has 39 heavy (non-hydrogen) atoms. The number of fused-ring (bicyclic) bond motifs is 2. The van der Waals surface area contributed by atoms with Crippen LogP contribution in [0.2, 0.25) is 0 Å². The zero-order chi connectivity index (χ0) is 27.7. The molecule has 2 aromatic carbocycles. The molecule has 0 bridgehead atoms. The number of ether oxygens (including phenoxy) is 1. The van der Waals surface area contributed by atoms with Crippen molar-refractivity contribution in [2.24, 2.45) is 0 Å². The third kappa shape index (κ3) is 5.60. The van der Waals surface area contributed by atoms with Crippen LogP contribution in [-0.2, 0) is 28.7 Å². The topological polar surface area (TPSA) is 88.6 Å². The molecule has 1 fully saturated rings. The molecule has 1 aromatic heterocycles. The number of alkyl halides is 3. The highest BCUT2D eigenvalue weighted by atomic mass is 19.4. The van der Waals surface area contributed by atoms with Crippen molar-refractivity contribution >= 4 is 28.6 Å². The van der Waals surface area contributed by atoms with Crippen LogP contribution < -0.4 is 10.1 Å². The summed E-state index contributed by atoms with van der Waals surface area (Å²) in [6.45, 7) is 2.45. The summed E-state index contributed by atoms with van der Waals surface area (Å²) >= 11 is 0. The predicted molar refractivity (Wildman–Crippen MR) is 137 cm³/mol. The maximum atomic E-state index is 13.3. The molecular formula is C29H28F3N3O4. The Morgan fingerprint density at radius 3 is 2.67 bits per heavy atom. The molecule has 204 valence electrons. The molecule has 5 rings (SSSR count). The summed E-state index contributed by atoms with van der Waals surface area (Å²) in [5, 5.41) is 2.86. The molecule has 3 amide bonds. The first-order valence-corrected chi connectivity index (χ1v) is 13.0. The highest BCUT2D eigenvalue weighted by Crippen LogP contribution is 2.35. The summed E-state index contributed by atoms with van der Waals surface area (Å²) in [7, 11) is 0. The number of amides is 3. The van der Waals surface area contributed by atoms with Crippen LogP contribution in [0.25, 0.3) is 10.9 Å². The van der Waals surface area contributed by atoms with E-state index in [2.05, 4.69) is 10.3 Å². The van der Waals surface area contributed by atoms with Crippen molar-refractivity contribution in [3.63, 3.8) is 0 Å². The van der Waals surface area contributed by atoms with Crippen molar-refractivity contribution in [2.75, 3.05) is 6.61 Å². The summed E-state index contributed by atoms with van der Waals surface area (Å²) in [6.07, 6.45) is -1.10. The predicted octanol–water partition coefficient (Wildman–Crippen LogP) is 5.11. The van der Waals surface area contributed by atoms with Gasteiger partial charge in [0.15, 0.2) is 0 Å². The number of hydrogen-bond donors (Lipinski definition) is 1. The molecule has 1 atom stereocenters. The second kappa shape index (κ2) is 10.7. The summed E-state index contributed by atoms with van der Waals surface area (Å²) in [5.41, 5.74) is 2.68. The van der Waals surface area contributed by atoms with Gasteiger partial charge in [0.25, 0.3) is 5.91 Å². The molecule has 1 N–H and O–H groups in total. The molecule has 7 nitrogen and oxygen atoms in total. The molecule has 0 saturated carbocycles. The van der Waals surface area contributed by atoms with Crippen molar-refractivity contribution < 1.29 is 32.3 Å². The molecule has 10 heteroatoms. The Bertz CT molecular complexity index is 1450. The lowest BCUT2D eigenvalue weighted by atomic mass is 9.98. The van der Waals surface area contributed by atoms with E-state index in [-0.39, 0.29) is 36.1 Å². The van der Waals surface area contributed by atoms with Crippen molar-refractivity contribution in [1.29, 1.82) is 0 Å². The Labute approximate surface area is 223 Å². The maximum Gasteiger partial charge on any atom is 0.433 e. The van der Waals surface area contributed by atoms with E-state index in [1.54, 1.807) is 29.2 Å². The van der Waals surface area contributed by atoms with Crippen molar-refractivity contribution in [3.8, 4) is 5.75 Å². The number of aromatic nitrogens is 1. The second-order valence-corrected chi connectivity index (χ2v) is 10.0. The van der Waals surface area contributed by atoms with Gasteiger partial charge >= 0.3 is 6.18 Å². The number of pyridine rings is 1. The molecule has 1 unspecified atom stereocenters. The van der Waals surface area contributed by atoms with E-state index in [0.717, 1.165) is 42.0 Å². The molecule has 3 heterocycles. The fourth-order valence-electron chi connectivity index (χ4n) is 5.23. The molecular weight excluding hydrogens is 511 g/mol. The van der Waals surface area contributed by atoms with Crippen molar-refractivity contribution in [3.05, 3.63) is 70.4 Å². The Morgan fingerprint density at radius 2 is 1.90 bits per heavy atom. The highest BCUT2D eigenvalue weighted by molar-refractivity contribution is 6.05. The van der Waals surface area contributed by atoms with Gasteiger partial charge in [-0.05, 0) is 68.4 Å². The minimum Gasteiger partial charge on any atom is -0.493 e. The first kappa shape index (κ1) is 26.6. The summed E-state index contributed by atoms with van der Waals surface area (Å²) in [5.74, 6) is -0.789. The van der Waals surface area contributed by atoms with Crippen LogP contribution in [0, 0.1) is 6.92 Å². The van der Waals surface area contributed by atoms with E-state index in [4.69, 9.17) is 4.74 Å². The Morgan fingerprint density at radius 1 is 1.08 bits per heavy atom. The minimum absolute atomic E-state index is 0.170. The van der Waals surface area contributed by atoms with Gasteiger partial charge < -0.3 is 9.64 Å². The molecule has 2 aliphatic rings. The van der Waals surface area contributed by atoms with Crippen LogP contribution in [0.1, 0.15) is 64.8 Å². The fraction of sp³-hybridized carbons (Fsp3) is 0.379. The van der Waals surface area contributed by atoms with E-state index in [1.807, 2.05) is 19.1 Å². The number of imide groups is 1. The average Bonchev–Trinajstić information content (AvgIpc) is 3.22. The molecule has 1 saturated heterocycles. The number of aryl methyl sites for hydroxylation is 2. The number of halogens is 3. The van der Waals surface area contributed by atoms with Crippen LogP contribution in [0.15, 0.2) is 42.5 Å². The number of carbonyl (C=O) groups is 3. The Balaban J connectivity index is 1.18. The fourth-order valence-corrected chi connectivity index (χ4v) is 5.23. The second-order valence-electron chi connectivity index (χ2n) is 10.0. The first-order valence-electron chi connectivity index (χ1n) is 13.0. The summed E-state index contributed by atoms with van der Waals surface area (Å²) in [4.78, 5) is 42.1. The van der Waals surface area contributed by atoms with Crippen molar-refractivity contribution in [1.82, 2.24) is 15.2 Å². The molecule has 2 aliphatic heterocycles. The van der Waals surface area contributed by atoms with Gasteiger partial charge in [-0.2, -0.15) is 13.2 Å². The van der Waals surface area contributed by atoms with Gasteiger partial charge in [0.1, 0.15) is 17.5 Å². The minimum atomic E-state index is -4.57. The molecule has 0 aliphatic carbocycles. The number of carbonyl (C=O) groups excluding carboxylic acids is 3. The largest absolute Gasteiger partial charge is 0.493 e. The van der Waals surface area contributed by atoms with Crippen molar-refractivity contribution in [2.45, 2.75) is 64.2 Å². The van der Waals surface area contributed by atoms with Gasteiger partial charge in [0.05, 0.1) is 12.1 Å². The lowest BCUT2D eigenvalue weighted by Crippen LogP contribution is -2.52. The number of hydrogen-bond acceptors (Lipinski definition) is 5. The number of nitrogens with one attached hydrogen (secondary N) is 1. The van der Waals surface area contributed by atoms with Gasteiger partial charge in [0, 0.05) is 30.0 Å². The van der Waals surface area contributed by atoms with E-state index in [0.29, 0.717) is 30.3 Å². The highest BCUT2D eigenvalue weighted by Gasteiger charge is 2.39. The SMILES string of the molecule is Cc1ccc2nc(C(F)(F)F)cc(OCCCCCc3cccc4c3CN(C3CCC(=O)NC3=O)C4=O)c2c1. The summed E-state index contributed by atoms with van der Waals surface area (Å²) in [6, 6.07) is 10.9. The van der Waals surface area contributed by atoms with E-state index in [9.17, 15) is 27.6 Å². The molecule has 0 spiro atoms. The summed E-state index contributed by atoms with van der Waals surface area (Å²) < 4.78 is 45.8. The van der Waals surface area contributed by atoms with Gasteiger partial charge in [-0.15, -0.1) is 0 Å². The van der Waals surface area contributed by atoms with E-state index in [1.165, 1.54) is 0 Å². The smallest absolute Gasteiger partial charge is 0.433 e. The molecule has 3 aromatic rings. The normalized spacial score (nSPS) is 17.5. The van der Waals surface area contributed by atoms with Gasteiger partial charge in [-0.3, -0.25) is 19.7 Å². The van der Waals surface area contributed by atoms with E-state index < -0.39 is 23.8 Å². The zero-order valence-corrected chi connectivity index (χ0v) is 21.4. The van der Waals surface area contributed by atoms with Gasteiger partial charge in [0.2, 0.25) is 11.8 Å². The van der Waals surface area contributed by atoms with Crippen LogP contribution in [0.5, 0.6) is 5.75 Å². The van der Waals surface area contributed by atoms with Crippen LogP contribution >= 0.6 is 0 Å². The van der Waals surface area contributed by atoms with E-state index >= 15 is 0 Å².